The smallest absolute Gasteiger partial charge is 0.331 e. The molecule has 0 saturated heterocycles. The molecule has 29 heavy (non-hydrogen) atoms. The lowest BCUT2D eigenvalue weighted by atomic mass is 10.1. The van der Waals surface area contributed by atoms with Crippen molar-refractivity contribution in [2.24, 2.45) is 4.99 Å². The first-order valence-electron chi connectivity index (χ1n) is 8.57. The minimum Gasteiger partial charge on any atom is -0.466 e. The van der Waals surface area contributed by atoms with Gasteiger partial charge in [0.2, 0.25) is 0 Å². The number of thioether (sulfide) groups is 1. The van der Waals surface area contributed by atoms with Crippen LogP contribution in [0, 0.1) is 0 Å². The molecule has 0 fully saturated rings. The van der Waals surface area contributed by atoms with Crippen molar-refractivity contribution in [3.63, 3.8) is 0 Å². The third-order valence-electron chi connectivity index (χ3n) is 4.16. The van der Waals surface area contributed by atoms with Gasteiger partial charge >= 0.3 is 5.97 Å². The summed E-state index contributed by atoms with van der Waals surface area (Å²) in [5, 5.41) is 5.64. The molecule has 0 radical (unpaired) electrons. The minimum atomic E-state index is -0.610. The lowest BCUT2D eigenvalue weighted by Crippen LogP contribution is -2.09. The first kappa shape index (κ1) is 19.2. The number of halogens is 1. The first-order chi connectivity index (χ1) is 14.0. The van der Waals surface area contributed by atoms with Crippen molar-refractivity contribution in [3.05, 3.63) is 76.7 Å². The van der Waals surface area contributed by atoms with Crippen molar-refractivity contribution in [3.8, 4) is 22.5 Å². The van der Waals surface area contributed by atoms with Crippen molar-refractivity contribution in [2.75, 3.05) is 7.11 Å². The number of aromatic nitrogens is 2. The van der Waals surface area contributed by atoms with E-state index in [2.05, 4.69) is 14.8 Å². The Morgan fingerprint density at radius 3 is 2.52 bits per heavy atom. The number of carbonyl (C=O) groups is 2. The van der Waals surface area contributed by atoms with Crippen LogP contribution in [0.4, 0.5) is 0 Å². The number of ether oxygens (including phenoxy) is 1. The Kier molecular flexibility index (Phi) is 5.33. The van der Waals surface area contributed by atoms with Crippen molar-refractivity contribution >= 4 is 40.4 Å². The van der Waals surface area contributed by atoms with Crippen LogP contribution >= 0.6 is 23.4 Å². The number of rotatable bonds is 3. The van der Waals surface area contributed by atoms with Crippen molar-refractivity contribution in [1.29, 1.82) is 0 Å². The van der Waals surface area contributed by atoms with E-state index in [0.717, 1.165) is 40.4 Å². The van der Waals surface area contributed by atoms with Crippen LogP contribution in [0.1, 0.15) is 0 Å². The third-order valence-corrected chi connectivity index (χ3v) is 5.37. The Balaban J connectivity index is 1.80. The molecular formula is C21H14ClN3O3S. The molecule has 1 aliphatic heterocycles. The Morgan fingerprint density at radius 2 is 1.83 bits per heavy atom. The predicted octanol–water partition coefficient (Wildman–Crippen LogP) is 4.40. The van der Waals surface area contributed by atoms with Gasteiger partial charge in [0.25, 0.3) is 5.91 Å². The highest BCUT2D eigenvalue weighted by Gasteiger charge is 2.27. The van der Waals surface area contributed by atoms with Gasteiger partial charge in [-0.15, -0.1) is 0 Å². The first-order valence-corrected chi connectivity index (χ1v) is 9.77. The SMILES string of the molecule is COC(=O)/C=C1\SC(n2nc(-c3ccccc3)cc2-c2ccc(Cl)cc2)=NC1=O. The van der Waals surface area contributed by atoms with Crippen LogP contribution in [0.15, 0.2) is 76.6 Å². The number of methoxy groups -OCH3 is 1. The van der Waals surface area contributed by atoms with E-state index in [1.54, 1.807) is 16.8 Å². The molecular weight excluding hydrogens is 410 g/mol. The Morgan fingerprint density at radius 1 is 1.10 bits per heavy atom. The summed E-state index contributed by atoms with van der Waals surface area (Å²) in [5.41, 5.74) is 3.28. The van der Waals surface area contributed by atoms with Crippen LogP contribution in [0.25, 0.3) is 22.5 Å². The van der Waals surface area contributed by atoms with Gasteiger partial charge in [-0.2, -0.15) is 10.1 Å². The van der Waals surface area contributed by atoms with Crippen molar-refractivity contribution < 1.29 is 14.3 Å². The molecule has 0 saturated carbocycles. The van der Waals surface area contributed by atoms with Gasteiger partial charge in [-0.25, -0.2) is 9.48 Å². The topological polar surface area (TPSA) is 73.6 Å². The average Bonchev–Trinajstić information content (AvgIpc) is 3.33. The lowest BCUT2D eigenvalue weighted by molar-refractivity contribution is -0.135. The maximum absolute atomic E-state index is 12.2. The lowest BCUT2D eigenvalue weighted by Gasteiger charge is -2.06. The molecule has 2 heterocycles. The molecule has 6 nitrogen and oxygen atoms in total. The fourth-order valence-corrected chi connectivity index (χ4v) is 3.72. The Hall–Kier alpha value is -3.16. The summed E-state index contributed by atoms with van der Waals surface area (Å²) in [4.78, 5) is 28.0. The summed E-state index contributed by atoms with van der Waals surface area (Å²) in [6.45, 7) is 0. The van der Waals surface area contributed by atoms with Gasteiger partial charge in [0, 0.05) is 22.2 Å². The fraction of sp³-hybridized carbons (Fsp3) is 0.0476. The molecule has 1 aliphatic rings. The second-order valence-corrected chi connectivity index (χ2v) is 7.48. The number of nitrogens with zero attached hydrogens (tertiary/aromatic N) is 3. The van der Waals surface area contributed by atoms with Crippen LogP contribution in [0.3, 0.4) is 0 Å². The second-order valence-electron chi connectivity index (χ2n) is 6.03. The van der Waals surface area contributed by atoms with Gasteiger partial charge in [0.05, 0.1) is 23.4 Å². The monoisotopic (exact) mass is 423 g/mol. The highest BCUT2D eigenvalue weighted by atomic mass is 35.5. The Labute approximate surface area is 175 Å². The number of hydrogen-bond acceptors (Lipinski definition) is 5. The van der Waals surface area contributed by atoms with E-state index < -0.39 is 11.9 Å². The van der Waals surface area contributed by atoms with E-state index in [1.165, 1.54) is 7.11 Å². The van der Waals surface area contributed by atoms with E-state index in [4.69, 9.17) is 11.6 Å². The number of aliphatic imine (C=N–C) groups is 1. The molecule has 0 unspecified atom stereocenters. The second kappa shape index (κ2) is 8.06. The number of carbonyl (C=O) groups excluding carboxylic acids is 2. The summed E-state index contributed by atoms with van der Waals surface area (Å²) in [7, 11) is 1.25. The molecule has 0 aliphatic carbocycles. The summed E-state index contributed by atoms with van der Waals surface area (Å²) in [6.07, 6.45) is 1.13. The molecule has 2 aromatic carbocycles. The zero-order valence-electron chi connectivity index (χ0n) is 15.2. The van der Waals surface area contributed by atoms with Crippen LogP contribution in [0.2, 0.25) is 5.02 Å². The van der Waals surface area contributed by atoms with Gasteiger partial charge < -0.3 is 4.74 Å². The summed E-state index contributed by atoms with van der Waals surface area (Å²) in [5.74, 6) is -1.12. The molecule has 144 valence electrons. The maximum atomic E-state index is 12.2. The summed E-state index contributed by atoms with van der Waals surface area (Å²) in [6, 6.07) is 18.9. The third kappa shape index (κ3) is 4.01. The number of esters is 1. The van der Waals surface area contributed by atoms with Crippen molar-refractivity contribution in [2.45, 2.75) is 0 Å². The molecule has 0 atom stereocenters. The number of amides is 1. The quantitative estimate of drug-likeness (QED) is 0.461. The average molecular weight is 424 g/mol. The fourth-order valence-electron chi connectivity index (χ4n) is 2.76. The normalized spacial score (nSPS) is 14.9. The summed E-state index contributed by atoms with van der Waals surface area (Å²) >= 11 is 7.09. The Bertz CT molecular complexity index is 1150. The van der Waals surface area contributed by atoms with Gasteiger partial charge in [0.15, 0.2) is 5.17 Å². The van der Waals surface area contributed by atoms with Gasteiger partial charge in [-0.1, -0.05) is 54.1 Å². The van der Waals surface area contributed by atoms with E-state index in [0.29, 0.717) is 10.2 Å². The molecule has 0 spiro atoms. The minimum absolute atomic E-state index is 0.186. The van der Waals surface area contributed by atoms with E-state index in [-0.39, 0.29) is 4.91 Å². The van der Waals surface area contributed by atoms with E-state index >= 15 is 0 Å². The molecule has 3 aromatic rings. The van der Waals surface area contributed by atoms with Gasteiger partial charge in [-0.3, -0.25) is 4.79 Å². The molecule has 8 heteroatoms. The largest absolute Gasteiger partial charge is 0.466 e. The zero-order chi connectivity index (χ0) is 20.4. The predicted molar refractivity (Wildman–Crippen MR) is 114 cm³/mol. The molecule has 0 bridgehead atoms. The van der Waals surface area contributed by atoms with Crippen LogP contribution in [-0.2, 0) is 14.3 Å². The van der Waals surface area contributed by atoms with Crippen LogP contribution in [-0.4, -0.2) is 33.9 Å². The van der Waals surface area contributed by atoms with E-state index in [9.17, 15) is 9.59 Å². The van der Waals surface area contributed by atoms with E-state index in [1.807, 2.05) is 48.5 Å². The maximum Gasteiger partial charge on any atom is 0.331 e. The number of hydrogen-bond donors (Lipinski definition) is 0. The number of benzene rings is 2. The van der Waals surface area contributed by atoms with Gasteiger partial charge in [-0.05, 0) is 30.0 Å². The van der Waals surface area contributed by atoms with Crippen molar-refractivity contribution in [1.82, 2.24) is 9.78 Å². The summed E-state index contributed by atoms with van der Waals surface area (Å²) < 4.78 is 6.20. The van der Waals surface area contributed by atoms with Crippen LogP contribution < -0.4 is 0 Å². The van der Waals surface area contributed by atoms with Gasteiger partial charge in [0.1, 0.15) is 0 Å². The molecule has 4 rings (SSSR count). The zero-order valence-corrected chi connectivity index (χ0v) is 16.8. The van der Waals surface area contributed by atoms with Crippen LogP contribution in [0.5, 0.6) is 0 Å². The highest BCUT2D eigenvalue weighted by Crippen LogP contribution is 2.33. The molecule has 0 N–H and O–H groups in total. The molecule has 1 amide bonds. The molecule has 1 aromatic heterocycles. The highest BCUT2D eigenvalue weighted by molar-refractivity contribution is 8.18. The standard InChI is InChI=1S/C21H14ClN3O3S/c1-28-19(26)12-18-20(27)23-21(29-18)25-17(14-7-9-15(22)10-8-14)11-16(24-25)13-5-3-2-4-6-13/h2-12H,1H3/b18-12-.